The monoisotopic (exact) mass is 312 g/mol. The highest BCUT2D eigenvalue weighted by Gasteiger charge is 2.13. The molecule has 0 fully saturated rings. The number of benzene rings is 1. The van der Waals surface area contributed by atoms with E-state index in [2.05, 4.69) is 21.4 Å². The summed E-state index contributed by atoms with van der Waals surface area (Å²) in [4.78, 5) is 20.0. The van der Waals surface area contributed by atoms with Gasteiger partial charge in [0.05, 0.1) is 6.33 Å². The summed E-state index contributed by atoms with van der Waals surface area (Å²) >= 11 is 0. The van der Waals surface area contributed by atoms with Crippen molar-refractivity contribution in [1.29, 1.82) is 0 Å². The van der Waals surface area contributed by atoms with Gasteiger partial charge in [0, 0.05) is 12.7 Å². The molecule has 3 aromatic rings. The van der Waals surface area contributed by atoms with Gasteiger partial charge in [0.25, 0.3) is 5.91 Å². The van der Waals surface area contributed by atoms with Gasteiger partial charge in [-0.15, -0.1) is 0 Å². The molecule has 0 radical (unpaired) electrons. The second-order valence-electron chi connectivity index (χ2n) is 5.16. The van der Waals surface area contributed by atoms with Gasteiger partial charge in [0.15, 0.2) is 11.5 Å². The van der Waals surface area contributed by atoms with Crippen molar-refractivity contribution in [3.8, 4) is 0 Å². The Bertz CT molecular complexity index is 822. The molecule has 23 heavy (non-hydrogen) atoms. The minimum Gasteiger partial charge on any atom is -0.446 e. The number of aromatic nitrogens is 3. The molecule has 0 aliphatic heterocycles. The highest BCUT2D eigenvalue weighted by Crippen LogP contribution is 2.10. The molecule has 0 spiro atoms. The Morgan fingerprint density at radius 2 is 2.30 bits per heavy atom. The number of nitrogens with zero attached hydrogens (tertiary/aromatic N) is 3. The molecule has 0 aliphatic carbocycles. The molecular formula is C16H16N4O3. The first-order chi connectivity index (χ1) is 11.1. The molecule has 0 aliphatic rings. The summed E-state index contributed by atoms with van der Waals surface area (Å²) in [6, 6.07) is 8.19. The van der Waals surface area contributed by atoms with Crippen LogP contribution < -0.4 is 5.32 Å². The number of amides is 1. The summed E-state index contributed by atoms with van der Waals surface area (Å²) < 4.78 is 6.80. The van der Waals surface area contributed by atoms with E-state index in [1.165, 1.54) is 11.8 Å². The molecule has 118 valence electrons. The van der Waals surface area contributed by atoms with Crippen LogP contribution in [0.5, 0.6) is 0 Å². The lowest BCUT2D eigenvalue weighted by Crippen LogP contribution is -2.12. The Hall–Kier alpha value is -2.93. The first kappa shape index (κ1) is 15.0. The van der Waals surface area contributed by atoms with Gasteiger partial charge in [0.1, 0.15) is 12.9 Å². The fourth-order valence-corrected chi connectivity index (χ4v) is 2.20. The second-order valence-corrected chi connectivity index (χ2v) is 5.16. The minimum atomic E-state index is -0.436. The van der Waals surface area contributed by atoms with Gasteiger partial charge in [-0.3, -0.25) is 4.79 Å². The van der Waals surface area contributed by atoms with Crippen LogP contribution in [0, 0.1) is 6.92 Å². The number of aliphatic hydroxyl groups excluding tert-OH is 1. The van der Waals surface area contributed by atoms with Crippen LogP contribution >= 0.6 is 0 Å². The minimum absolute atomic E-state index is 0.0973. The average Bonchev–Trinajstić information content (AvgIpc) is 3.16. The Balaban J connectivity index is 1.66. The topological polar surface area (TPSA) is 93.2 Å². The lowest BCUT2D eigenvalue weighted by Gasteiger charge is -2.03. The zero-order valence-electron chi connectivity index (χ0n) is 12.6. The van der Waals surface area contributed by atoms with Crippen LogP contribution in [0.25, 0.3) is 0 Å². The number of imidazole rings is 1. The summed E-state index contributed by atoms with van der Waals surface area (Å²) in [5.41, 5.74) is 2.45. The smallest absolute Gasteiger partial charge is 0.278 e. The van der Waals surface area contributed by atoms with Crippen molar-refractivity contribution in [3.05, 3.63) is 65.8 Å². The summed E-state index contributed by atoms with van der Waals surface area (Å²) in [5, 5.41) is 11.5. The van der Waals surface area contributed by atoms with E-state index in [0.29, 0.717) is 12.4 Å². The third-order valence-electron chi connectivity index (χ3n) is 3.24. The number of anilines is 1. The maximum atomic E-state index is 12.0. The van der Waals surface area contributed by atoms with Crippen molar-refractivity contribution in [2.45, 2.75) is 20.1 Å². The molecule has 2 aromatic heterocycles. The second kappa shape index (κ2) is 6.45. The van der Waals surface area contributed by atoms with Crippen molar-refractivity contribution in [2.24, 2.45) is 0 Å². The molecular weight excluding hydrogens is 296 g/mol. The van der Waals surface area contributed by atoms with Crippen molar-refractivity contribution in [3.63, 3.8) is 0 Å². The third kappa shape index (κ3) is 3.64. The zero-order chi connectivity index (χ0) is 16.2. The quantitative estimate of drug-likeness (QED) is 0.751. The van der Waals surface area contributed by atoms with Crippen LogP contribution in [0.3, 0.4) is 0 Å². The number of carbonyl (C=O) groups excluding carboxylic acids is 1. The lowest BCUT2D eigenvalue weighted by atomic mass is 10.1. The first-order valence-electron chi connectivity index (χ1n) is 7.08. The maximum Gasteiger partial charge on any atom is 0.278 e. The molecule has 0 saturated heterocycles. The van der Waals surface area contributed by atoms with E-state index in [-0.39, 0.29) is 18.2 Å². The van der Waals surface area contributed by atoms with Crippen LogP contribution in [-0.4, -0.2) is 25.5 Å². The van der Waals surface area contributed by atoms with Crippen LogP contribution in [0.1, 0.15) is 27.5 Å². The maximum absolute atomic E-state index is 12.0. The number of aryl methyl sites for hydroxylation is 1. The molecule has 3 rings (SSSR count). The van der Waals surface area contributed by atoms with Crippen LogP contribution in [0.4, 0.5) is 5.82 Å². The van der Waals surface area contributed by atoms with Crippen molar-refractivity contribution in [1.82, 2.24) is 14.5 Å². The van der Waals surface area contributed by atoms with E-state index in [9.17, 15) is 4.79 Å². The molecule has 2 heterocycles. The lowest BCUT2D eigenvalue weighted by molar-refractivity contribution is 0.102. The van der Waals surface area contributed by atoms with Crippen LogP contribution in [0.15, 0.2) is 47.5 Å². The summed E-state index contributed by atoms with van der Waals surface area (Å²) in [7, 11) is 0. The first-order valence-corrected chi connectivity index (χ1v) is 7.08. The molecule has 7 heteroatoms. The van der Waals surface area contributed by atoms with E-state index in [1.54, 1.807) is 12.5 Å². The fourth-order valence-electron chi connectivity index (χ4n) is 2.20. The number of aliphatic hydroxyl groups is 1. The Kier molecular flexibility index (Phi) is 4.20. The molecule has 1 amide bonds. The SMILES string of the molecule is Cc1cccc(Cn2cnc(NC(=O)c3coc(CO)n3)c2)c1. The Morgan fingerprint density at radius 1 is 1.43 bits per heavy atom. The van der Waals surface area contributed by atoms with Crippen LogP contribution in [0.2, 0.25) is 0 Å². The van der Waals surface area contributed by atoms with Crippen molar-refractivity contribution < 1.29 is 14.3 Å². The molecule has 0 atom stereocenters. The van der Waals surface area contributed by atoms with E-state index in [1.807, 2.05) is 29.7 Å². The highest BCUT2D eigenvalue weighted by atomic mass is 16.4. The van der Waals surface area contributed by atoms with Crippen LogP contribution in [-0.2, 0) is 13.2 Å². The Morgan fingerprint density at radius 3 is 3.04 bits per heavy atom. The standard InChI is InChI=1S/C16H16N4O3/c1-11-3-2-4-12(5-11)6-20-7-14(17-10-20)19-16(22)13-9-23-15(8-21)18-13/h2-5,7,9-10,21H,6,8H2,1H3,(H,19,22). The van der Waals surface area contributed by atoms with Gasteiger partial charge in [0.2, 0.25) is 5.89 Å². The van der Waals surface area contributed by atoms with E-state index >= 15 is 0 Å². The number of nitrogens with one attached hydrogen (secondary N) is 1. The third-order valence-corrected chi connectivity index (χ3v) is 3.24. The van der Waals surface area contributed by atoms with Crippen molar-refractivity contribution in [2.75, 3.05) is 5.32 Å². The van der Waals surface area contributed by atoms with Gasteiger partial charge < -0.3 is 19.4 Å². The number of rotatable bonds is 5. The molecule has 7 nitrogen and oxygen atoms in total. The predicted molar refractivity (Wildman–Crippen MR) is 82.9 cm³/mol. The molecule has 0 unspecified atom stereocenters. The fraction of sp³-hybridized carbons (Fsp3) is 0.188. The normalized spacial score (nSPS) is 10.7. The average molecular weight is 312 g/mol. The van der Waals surface area contributed by atoms with E-state index < -0.39 is 5.91 Å². The number of oxazole rings is 1. The van der Waals surface area contributed by atoms with E-state index in [0.717, 1.165) is 5.56 Å². The highest BCUT2D eigenvalue weighted by molar-refractivity contribution is 6.02. The Labute approximate surface area is 132 Å². The predicted octanol–water partition coefficient (Wildman–Crippen LogP) is 1.97. The van der Waals surface area contributed by atoms with Gasteiger partial charge in [-0.05, 0) is 12.5 Å². The zero-order valence-corrected chi connectivity index (χ0v) is 12.6. The van der Waals surface area contributed by atoms with Gasteiger partial charge in [-0.1, -0.05) is 29.8 Å². The van der Waals surface area contributed by atoms with Gasteiger partial charge in [-0.2, -0.15) is 0 Å². The van der Waals surface area contributed by atoms with E-state index in [4.69, 9.17) is 9.52 Å². The van der Waals surface area contributed by atoms with Gasteiger partial charge in [-0.25, -0.2) is 9.97 Å². The molecule has 2 N–H and O–H groups in total. The molecule has 1 aromatic carbocycles. The largest absolute Gasteiger partial charge is 0.446 e. The van der Waals surface area contributed by atoms with Crippen molar-refractivity contribution >= 4 is 11.7 Å². The number of hydrogen-bond donors (Lipinski definition) is 2. The molecule has 0 saturated carbocycles. The number of carbonyl (C=O) groups is 1. The number of hydrogen-bond acceptors (Lipinski definition) is 5. The van der Waals surface area contributed by atoms with Gasteiger partial charge >= 0.3 is 0 Å². The summed E-state index contributed by atoms with van der Waals surface area (Å²) in [5.74, 6) is 0.0885. The molecule has 0 bridgehead atoms. The summed E-state index contributed by atoms with van der Waals surface area (Å²) in [6.07, 6.45) is 4.60. The summed E-state index contributed by atoms with van der Waals surface area (Å²) in [6.45, 7) is 2.36.